The lowest BCUT2D eigenvalue weighted by atomic mass is 9.90. The Morgan fingerprint density at radius 3 is 2.00 bits per heavy atom. The van der Waals surface area contributed by atoms with Gasteiger partial charge in [-0.05, 0) is 80.8 Å². The van der Waals surface area contributed by atoms with Gasteiger partial charge < -0.3 is 0 Å². The Kier molecular flexibility index (Phi) is 5.00. The second-order valence-corrected chi connectivity index (χ2v) is 9.13. The largest absolute Gasteiger partial charge is 0.0795 e. The molecule has 5 aromatic rings. The van der Waals surface area contributed by atoms with Gasteiger partial charge in [-0.25, -0.2) is 0 Å². The highest BCUT2D eigenvalue weighted by Gasteiger charge is 2.09. The fourth-order valence-corrected chi connectivity index (χ4v) is 5.62. The zero-order valence-corrected chi connectivity index (χ0v) is 18.5. The third-order valence-electron chi connectivity index (χ3n) is 7.15. The molecule has 5 aromatic carbocycles. The predicted molar refractivity (Wildman–Crippen MR) is 140 cm³/mol. The van der Waals surface area contributed by atoms with Crippen LogP contribution in [0.3, 0.4) is 0 Å². The van der Waals surface area contributed by atoms with E-state index in [1.807, 2.05) is 0 Å². The zero-order chi connectivity index (χ0) is 21.3. The summed E-state index contributed by atoms with van der Waals surface area (Å²) in [4.78, 5) is 0. The number of allylic oxidation sites excluding steroid dienone is 1. The van der Waals surface area contributed by atoms with Crippen molar-refractivity contribution in [1.29, 1.82) is 0 Å². The zero-order valence-electron chi connectivity index (χ0n) is 18.5. The molecule has 1 fully saturated rings. The van der Waals surface area contributed by atoms with Gasteiger partial charge in [-0.1, -0.05) is 109 Å². The Bertz CT molecular complexity index is 1480. The number of rotatable bonds is 0. The Hall–Kier alpha value is -3.38. The maximum atomic E-state index is 2.34. The Morgan fingerprint density at radius 2 is 1.19 bits per heavy atom. The summed E-state index contributed by atoms with van der Waals surface area (Å²) >= 11 is 0. The molecule has 0 nitrogen and oxygen atoms in total. The maximum Gasteiger partial charge on any atom is -0.00329 e. The van der Waals surface area contributed by atoms with Gasteiger partial charge in [0, 0.05) is 0 Å². The summed E-state index contributed by atoms with van der Waals surface area (Å²) in [6.45, 7) is 0. The smallest absolute Gasteiger partial charge is 0.00329 e. The lowest BCUT2D eigenvalue weighted by Crippen LogP contribution is -2.10. The van der Waals surface area contributed by atoms with Crippen LogP contribution in [0, 0.1) is 0 Å². The average molecular weight is 413 g/mol. The molecule has 1 saturated carbocycles. The van der Waals surface area contributed by atoms with Crippen LogP contribution in [-0.2, 0) is 6.42 Å². The van der Waals surface area contributed by atoms with Gasteiger partial charge in [0.1, 0.15) is 0 Å². The molecule has 0 saturated heterocycles. The predicted octanol–water partition coefficient (Wildman–Crippen LogP) is 8.24. The van der Waals surface area contributed by atoms with E-state index in [9.17, 15) is 0 Å². The molecule has 7 rings (SSSR count). The minimum atomic E-state index is 1.08. The van der Waals surface area contributed by atoms with E-state index in [0.717, 1.165) is 6.42 Å². The molecule has 0 bridgehead atoms. The van der Waals surface area contributed by atoms with Crippen molar-refractivity contribution in [2.45, 2.75) is 38.5 Å². The van der Waals surface area contributed by atoms with Crippen molar-refractivity contribution in [3.05, 3.63) is 107 Å². The van der Waals surface area contributed by atoms with Crippen molar-refractivity contribution < 1.29 is 0 Å². The third kappa shape index (κ3) is 3.41. The van der Waals surface area contributed by atoms with Gasteiger partial charge in [-0.15, -0.1) is 0 Å². The molecule has 0 aromatic heterocycles. The van der Waals surface area contributed by atoms with E-state index in [4.69, 9.17) is 0 Å². The van der Waals surface area contributed by atoms with E-state index in [2.05, 4.69) is 97.1 Å². The van der Waals surface area contributed by atoms with E-state index >= 15 is 0 Å². The summed E-state index contributed by atoms with van der Waals surface area (Å²) in [5.41, 5.74) is 4.49. The molecule has 0 heterocycles. The van der Waals surface area contributed by atoms with Crippen molar-refractivity contribution in [3.63, 3.8) is 0 Å². The minimum absolute atomic E-state index is 1.08. The molecule has 0 heteroatoms. The van der Waals surface area contributed by atoms with E-state index in [1.165, 1.54) is 80.8 Å². The lowest BCUT2D eigenvalue weighted by molar-refractivity contribution is 0.644. The molecular formula is C32H28. The number of hydrogen-bond acceptors (Lipinski definition) is 0. The van der Waals surface area contributed by atoms with Crippen molar-refractivity contribution in [1.82, 2.24) is 0 Å². The minimum Gasteiger partial charge on any atom is -0.0795 e. The van der Waals surface area contributed by atoms with Crippen LogP contribution in [0.4, 0.5) is 0 Å². The van der Waals surface area contributed by atoms with Gasteiger partial charge in [-0.3, -0.25) is 0 Å². The molecule has 2 aliphatic carbocycles. The first-order valence-electron chi connectivity index (χ1n) is 12.0. The fraction of sp³-hybridized carbons (Fsp3) is 0.188. The summed E-state index contributed by atoms with van der Waals surface area (Å²) in [5.74, 6) is 0. The van der Waals surface area contributed by atoms with Crippen LogP contribution < -0.4 is 5.22 Å². The molecule has 0 radical (unpaired) electrons. The van der Waals surface area contributed by atoms with Gasteiger partial charge in [0.15, 0.2) is 0 Å². The topological polar surface area (TPSA) is 0 Å². The monoisotopic (exact) mass is 412 g/mol. The van der Waals surface area contributed by atoms with Crippen LogP contribution >= 0.6 is 0 Å². The first-order chi connectivity index (χ1) is 15.9. The lowest BCUT2D eigenvalue weighted by Gasteiger charge is -2.15. The van der Waals surface area contributed by atoms with Crippen molar-refractivity contribution in [2.75, 3.05) is 0 Å². The molecule has 0 N–H and O–H groups in total. The number of hydrogen-bond donors (Lipinski definition) is 0. The molecule has 0 aliphatic heterocycles. The van der Waals surface area contributed by atoms with Crippen molar-refractivity contribution in [3.8, 4) is 0 Å². The standard InChI is InChI=1S/C19H18.C13H10/c1-2-6-14(7-3-1)17-13-12-16-9-4-8-15-10-5-11-18(17)19(15)16;1-4-10-6-2-8-12-9-3-7-11(5-1)13(10)12/h4-5,8-13H,1-3,6-7H2;1-8H,9H2. The molecule has 0 atom stereocenters. The van der Waals surface area contributed by atoms with Gasteiger partial charge in [-0.2, -0.15) is 0 Å². The molecule has 0 unspecified atom stereocenters. The van der Waals surface area contributed by atoms with Crippen LogP contribution in [0.1, 0.15) is 43.2 Å². The van der Waals surface area contributed by atoms with Crippen LogP contribution in [0.2, 0.25) is 0 Å². The highest BCUT2D eigenvalue weighted by molar-refractivity contribution is 6.10. The highest BCUT2D eigenvalue weighted by atomic mass is 14.1. The van der Waals surface area contributed by atoms with Crippen LogP contribution in [0.5, 0.6) is 0 Å². The fourth-order valence-electron chi connectivity index (χ4n) is 5.62. The Labute approximate surface area is 189 Å². The number of benzene rings is 5. The van der Waals surface area contributed by atoms with E-state index in [-0.39, 0.29) is 0 Å². The van der Waals surface area contributed by atoms with Gasteiger partial charge in [0.05, 0.1) is 0 Å². The molecule has 32 heavy (non-hydrogen) atoms. The third-order valence-corrected chi connectivity index (χ3v) is 7.15. The van der Waals surface area contributed by atoms with Crippen LogP contribution in [0.15, 0.2) is 91.0 Å². The van der Waals surface area contributed by atoms with E-state index in [0.29, 0.717) is 0 Å². The van der Waals surface area contributed by atoms with E-state index < -0.39 is 0 Å². The summed E-state index contributed by atoms with van der Waals surface area (Å²) < 4.78 is 0. The summed E-state index contributed by atoms with van der Waals surface area (Å²) in [5, 5.41) is 9.94. The molecule has 0 spiro atoms. The summed E-state index contributed by atoms with van der Waals surface area (Å²) in [6.07, 6.45) is 12.2. The second-order valence-electron chi connectivity index (χ2n) is 9.13. The summed E-state index contributed by atoms with van der Waals surface area (Å²) in [6, 6.07) is 31.0. The average Bonchev–Trinajstić information content (AvgIpc) is 2.86. The quantitative estimate of drug-likeness (QED) is 0.240. The van der Waals surface area contributed by atoms with Gasteiger partial charge >= 0.3 is 0 Å². The normalized spacial score (nSPS) is 15.2. The SMILES string of the molecule is C1=Cc2cccc3cccc(c23)C1.c1cc2cccc3c(=C4CCCCC4)ccc(c1)c23. The Balaban J connectivity index is 0.000000131. The summed E-state index contributed by atoms with van der Waals surface area (Å²) in [7, 11) is 0. The molecule has 0 amide bonds. The first-order valence-corrected chi connectivity index (χ1v) is 12.0. The van der Waals surface area contributed by atoms with Crippen molar-refractivity contribution >= 4 is 44.0 Å². The van der Waals surface area contributed by atoms with Gasteiger partial charge in [0.25, 0.3) is 0 Å². The molecular weight excluding hydrogens is 384 g/mol. The highest BCUT2D eigenvalue weighted by Crippen LogP contribution is 2.29. The van der Waals surface area contributed by atoms with E-state index in [1.54, 1.807) is 5.57 Å². The molecule has 2 aliphatic rings. The maximum absolute atomic E-state index is 2.34. The van der Waals surface area contributed by atoms with Crippen molar-refractivity contribution in [2.24, 2.45) is 0 Å². The Morgan fingerprint density at radius 1 is 0.531 bits per heavy atom. The van der Waals surface area contributed by atoms with Crippen LogP contribution in [-0.4, -0.2) is 0 Å². The second kappa shape index (κ2) is 8.28. The van der Waals surface area contributed by atoms with Crippen LogP contribution in [0.25, 0.3) is 44.0 Å². The molecule has 156 valence electrons. The van der Waals surface area contributed by atoms with Gasteiger partial charge in [0.2, 0.25) is 0 Å². The first kappa shape index (κ1) is 19.3.